The molecule has 28 heavy (non-hydrogen) atoms. The number of carboxylic acids is 1. The Labute approximate surface area is 190 Å². The predicted octanol–water partition coefficient (Wildman–Crippen LogP) is -2.60. The van der Waals surface area contributed by atoms with Gasteiger partial charge in [0, 0.05) is 13.1 Å². The molecule has 4 heterocycles. The maximum atomic E-state index is 12.3. The Bertz CT molecular complexity index is 1040. The number of aliphatic carboxylic acids is 1. The molecule has 3 atom stereocenters. The number of aliphatic hydroxyl groups excluding tert-OH is 1. The Morgan fingerprint density at radius 3 is 2.68 bits per heavy atom. The van der Waals surface area contributed by atoms with Crippen LogP contribution in [0, 0.1) is 5.92 Å². The van der Waals surface area contributed by atoms with Crippen molar-refractivity contribution in [3.63, 3.8) is 0 Å². The van der Waals surface area contributed by atoms with Crippen molar-refractivity contribution in [3.8, 4) is 0 Å². The second-order valence-corrected chi connectivity index (χ2v) is 8.46. The number of imidazole rings is 1. The molecule has 0 aliphatic carbocycles. The van der Waals surface area contributed by atoms with Crippen LogP contribution in [-0.4, -0.2) is 55.5 Å². The fourth-order valence-electron chi connectivity index (χ4n) is 3.86. The number of aliphatic hydroxyl groups is 1. The molecular formula is C17H16N3NaO5S2. The van der Waals surface area contributed by atoms with Gasteiger partial charge in [-0.3, -0.25) is 14.0 Å². The zero-order valence-electron chi connectivity index (χ0n) is 15.8. The number of hydrogen-bond donors (Lipinski definition) is 1. The van der Waals surface area contributed by atoms with Crippen molar-refractivity contribution >= 4 is 51.2 Å². The summed E-state index contributed by atoms with van der Waals surface area (Å²) >= 11 is 2.73. The molecule has 0 bridgehead atoms. The zero-order chi connectivity index (χ0) is 19.6. The first-order valence-electron chi connectivity index (χ1n) is 8.29. The predicted molar refractivity (Wildman–Crippen MR) is 97.2 cm³/mol. The molecule has 2 aliphatic heterocycles. The summed E-state index contributed by atoms with van der Waals surface area (Å²) in [5.41, 5.74) is 0.348. The van der Waals surface area contributed by atoms with Gasteiger partial charge in [0.1, 0.15) is 9.86 Å². The van der Waals surface area contributed by atoms with Crippen molar-refractivity contribution in [2.45, 2.75) is 37.4 Å². The van der Waals surface area contributed by atoms with Gasteiger partial charge in [0.05, 0.1) is 34.6 Å². The van der Waals surface area contributed by atoms with Crippen molar-refractivity contribution in [3.05, 3.63) is 22.6 Å². The van der Waals surface area contributed by atoms with E-state index in [4.69, 9.17) is 0 Å². The fraction of sp³-hybridized carbons (Fsp3) is 0.412. The summed E-state index contributed by atoms with van der Waals surface area (Å²) in [6, 6.07) is -0.382. The van der Waals surface area contributed by atoms with E-state index in [1.807, 2.05) is 6.26 Å². The SMILES string of the molecule is CSc1nc(C(C)=O)n2cc(C3=C(C(=O)[O-])N4C(=O)[C@H]([C@@H](C)O)[C@H]4C3)sc12.[Na+]. The maximum Gasteiger partial charge on any atom is 1.00 e. The summed E-state index contributed by atoms with van der Waals surface area (Å²) in [5.74, 6) is -2.34. The molecule has 0 unspecified atom stereocenters. The third kappa shape index (κ3) is 2.98. The Balaban J connectivity index is 0.00000225. The van der Waals surface area contributed by atoms with Crippen LogP contribution in [0.2, 0.25) is 0 Å². The average molecular weight is 429 g/mol. The molecule has 2 aliphatic rings. The topological polar surface area (TPSA) is 115 Å². The molecule has 1 amide bonds. The van der Waals surface area contributed by atoms with E-state index >= 15 is 0 Å². The van der Waals surface area contributed by atoms with Crippen molar-refractivity contribution in [1.29, 1.82) is 0 Å². The number of carboxylic acid groups (broad SMARTS) is 1. The quantitative estimate of drug-likeness (QED) is 0.240. The smallest absolute Gasteiger partial charge is 0.543 e. The van der Waals surface area contributed by atoms with Crippen LogP contribution in [0.4, 0.5) is 0 Å². The minimum Gasteiger partial charge on any atom is -0.543 e. The minimum absolute atomic E-state index is 0. The molecular weight excluding hydrogens is 413 g/mol. The summed E-state index contributed by atoms with van der Waals surface area (Å²) in [5, 5.41) is 22.3. The first kappa shape index (κ1) is 21.5. The number of fused-ring (bicyclic) bond motifs is 2. The molecule has 4 rings (SSSR count). The number of ketones is 1. The van der Waals surface area contributed by atoms with E-state index in [9.17, 15) is 24.6 Å². The summed E-state index contributed by atoms with van der Waals surface area (Å²) in [6.45, 7) is 2.96. The zero-order valence-corrected chi connectivity index (χ0v) is 19.4. The number of nitrogens with zero attached hydrogens (tertiary/aromatic N) is 3. The Morgan fingerprint density at radius 1 is 1.46 bits per heavy atom. The van der Waals surface area contributed by atoms with E-state index in [0.717, 1.165) is 4.83 Å². The molecule has 2 aromatic rings. The number of thiazole rings is 1. The molecule has 1 fully saturated rings. The number of carbonyl (C=O) groups is 3. The number of aromatic nitrogens is 2. The molecule has 1 saturated heterocycles. The van der Waals surface area contributed by atoms with Crippen molar-refractivity contribution in [1.82, 2.24) is 14.3 Å². The van der Waals surface area contributed by atoms with Crippen molar-refractivity contribution in [2.24, 2.45) is 5.92 Å². The van der Waals surface area contributed by atoms with Crippen LogP contribution in [0.1, 0.15) is 35.8 Å². The molecule has 0 spiro atoms. The molecule has 0 radical (unpaired) electrons. The van der Waals surface area contributed by atoms with E-state index in [-0.39, 0.29) is 52.9 Å². The van der Waals surface area contributed by atoms with Gasteiger partial charge >= 0.3 is 29.6 Å². The van der Waals surface area contributed by atoms with Crippen LogP contribution in [-0.2, 0) is 9.59 Å². The Kier molecular flexibility index (Phi) is 5.83. The standard InChI is InChI=1S/C17H17N3O5S2.Na/c1-6(21)11-9-4-8(12(17(24)25)20(9)15(11)23)10-5-19-13(7(2)22)18-14(26-3)16(19)27-10;/h5-6,9,11,21H,4H2,1-3H3,(H,24,25);/q;+1/p-1/t6-,9-,11-;/m1./s1. The Morgan fingerprint density at radius 2 is 2.14 bits per heavy atom. The summed E-state index contributed by atoms with van der Waals surface area (Å²) in [6.07, 6.45) is 3.02. The summed E-state index contributed by atoms with van der Waals surface area (Å²) < 4.78 is 1.66. The van der Waals surface area contributed by atoms with Gasteiger partial charge in [0.15, 0.2) is 11.6 Å². The third-order valence-corrected chi connectivity index (χ3v) is 6.97. The number of thioether (sulfide) groups is 1. The summed E-state index contributed by atoms with van der Waals surface area (Å²) in [4.78, 5) is 42.9. The van der Waals surface area contributed by atoms with E-state index in [1.54, 1.807) is 10.6 Å². The number of hydrogen-bond acceptors (Lipinski definition) is 8. The fourth-order valence-corrected chi connectivity index (χ4v) is 5.72. The Hall–Kier alpha value is -1.17. The molecule has 8 nitrogen and oxygen atoms in total. The van der Waals surface area contributed by atoms with E-state index in [2.05, 4.69) is 4.98 Å². The number of amides is 1. The number of rotatable bonds is 5. The van der Waals surface area contributed by atoms with E-state index in [0.29, 0.717) is 21.9 Å². The minimum atomic E-state index is -1.42. The van der Waals surface area contributed by atoms with Crippen molar-refractivity contribution < 1.29 is 54.2 Å². The maximum absolute atomic E-state index is 12.3. The van der Waals surface area contributed by atoms with Gasteiger partial charge in [0.2, 0.25) is 5.91 Å². The number of carbonyl (C=O) groups excluding carboxylic acids is 3. The van der Waals surface area contributed by atoms with E-state index in [1.165, 1.54) is 41.8 Å². The number of β-lactam (4-membered cyclic amide) rings is 1. The first-order valence-corrected chi connectivity index (χ1v) is 10.3. The second kappa shape index (κ2) is 7.58. The van der Waals surface area contributed by atoms with Gasteiger partial charge in [-0.15, -0.1) is 23.1 Å². The van der Waals surface area contributed by atoms with Crippen LogP contribution in [0.3, 0.4) is 0 Å². The molecule has 11 heteroatoms. The van der Waals surface area contributed by atoms with Gasteiger partial charge in [-0.25, -0.2) is 4.98 Å². The van der Waals surface area contributed by atoms with Gasteiger partial charge < -0.3 is 19.9 Å². The third-order valence-electron chi connectivity index (χ3n) is 5.02. The van der Waals surface area contributed by atoms with Crippen LogP contribution < -0.4 is 34.7 Å². The molecule has 142 valence electrons. The van der Waals surface area contributed by atoms with Gasteiger partial charge in [-0.1, -0.05) is 0 Å². The first-order chi connectivity index (χ1) is 12.8. The van der Waals surface area contributed by atoms with Crippen LogP contribution >= 0.6 is 23.1 Å². The molecule has 1 N–H and O–H groups in total. The van der Waals surface area contributed by atoms with Gasteiger partial charge in [0.25, 0.3) is 0 Å². The molecule has 0 aromatic carbocycles. The van der Waals surface area contributed by atoms with E-state index < -0.39 is 23.9 Å². The van der Waals surface area contributed by atoms with Crippen LogP contribution in [0.5, 0.6) is 0 Å². The van der Waals surface area contributed by atoms with Crippen LogP contribution in [0.15, 0.2) is 16.9 Å². The van der Waals surface area contributed by atoms with Crippen LogP contribution in [0.25, 0.3) is 10.4 Å². The monoisotopic (exact) mass is 429 g/mol. The van der Waals surface area contributed by atoms with Crippen molar-refractivity contribution in [2.75, 3.05) is 6.26 Å². The molecule has 0 saturated carbocycles. The summed E-state index contributed by atoms with van der Waals surface area (Å²) in [7, 11) is 0. The normalized spacial score (nSPS) is 22.1. The second-order valence-electron chi connectivity index (χ2n) is 6.63. The molecule has 2 aromatic heterocycles. The number of Topliss-reactive ketones (excluding diaryl/α,β-unsaturated/α-hetero) is 1. The largest absolute Gasteiger partial charge is 1.00 e. The average Bonchev–Trinajstić information content (AvgIpc) is 3.22. The van der Waals surface area contributed by atoms with Gasteiger partial charge in [-0.05, 0) is 25.2 Å². The van der Waals surface area contributed by atoms with Gasteiger partial charge in [-0.2, -0.15) is 0 Å².